The molecule has 3 rings (SSSR count). The average Bonchev–Trinajstić information content (AvgIpc) is 3.29. The Bertz CT molecular complexity index is 537. The molecule has 2 N–H and O–H groups in total. The van der Waals surface area contributed by atoms with Crippen LogP contribution in [0, 0.1) is 5.92 Å². The molecule has 1 unspecified atom stereocenters. The summed E-state index contributed by atoms with van der Waals surface area (Å²) in [5, 5.41) is 11.9. The highest BCUT2D eigenvalue weighted by Crippen LogP contribution is 2.44. The summed E-state index contributed by atoms with van der Waals surface area (Å²) in [6, 6.07) is 8.05. The van der Waals surface area contributed by atoms with E-state index in [1.54, 1.807) is 0 Å². The monoisotopic (exact) mass is 288 g/mol. The highest BCUT2D eigenvalue weighted by molar-refractivity contribution is 5.82. The van der Waals surface area contributed by atoms with E-state index >= 15 is 0 Å². The molecule has 112 valence electrons. The predicted molar refractivity (Wildman–Crippen MR) is 79.4 cm³/mol. The molecule has 0 bridgehead atoms. The quantitative estimate of drug-likeness (QED) is 0.863. The van der Waals surface area contributed by atoms with Crippen LogP contribution in [-0.4, -0.2) is 36.6 Å². The summed E-state index contributed by atoms with van der Waals surface area (Å²) in [7, 11) is 0. The average molecular weight is 288 g/mol. The molecule has 0 aromatic heterocycles. The summed E-state index contributed by atoms with van der Waals surface area (Å²) in [6.45, 7) is 1.87. The number of carbonyl (C=O) groups is 2. The standard InChI is InChI=1S/C16H20N2O3/c19-15-10-18(8-7-17-15)13-5-3-12(4-6-13)14(9-16(20)21)11-1-2-11/h3-6,11,14H,1-2,7-10H2,(H,17,19)(H,20,21). The van der Waals surface area contributed by atoms with Crippen LogP contribution in [0.5, 0.6) is 0 Å². The van der Waals surface area contributed by atoms with E-state index in [4.69, 9.17) is 5.11 Å². The molecule has 1 saturated heterocycles. The minimum absolute atomic E-state index is 0.0482. The first-order valence-corrected chi connectivity index (χ1v) is 7.47. The highest BCUT2D eigenvalue weighted by Gasteiger charge is 2.33. The van der Waals surface area contributed by atoms with Gasteiger partial charge in [0.15, 0.2) is 0 Å². The zero-order valence-corrected chi connectivity index (χ0v) is 11.9. The highest BCUT2D eigenvalue weighted by atomic mass is 16.4. The second kappa shape index (κ2) is 5.76. The van der Waals surface area contributed by atoms with Gasteiger partial charge in [-0.3, -0.25) is 9.59 Å². The van der Waals surface area contributed by atoms with E-state index in [1.165, 1.54) is 0 Å². The van der Waals surface area contributed by atoms with Gasteiger partial charge >= 0.3 is 5.97 Å². The van der Waals surface area contributed by atoms with Crippen molar-refractivity contribution in [1.29, 1.82) is 0 Å². The molecule has 1 aromatic rings. The minimum Gasteiger partial charge on any atom is -0.481 e. The number of hydrogen-bond donors (Lipinski definition) is 2. The summed E-state index contributed by atoms with van der Waals surface area (Å²) in [5.74, 6) is -0.0374. The van der Waals surface area contributed by atoms with Crippen molar-refractivity contribution in [2.45, 2.75) is 25.2 Å². The SMILES string of the molecule is O=C(O)CC(c1ccc(N2CCNC(=O)C2)cc1)C1CC1. The van der Waals surface area contributed by atoms with Crippen LogP contribution >= 0.6 is 0 Å². The topological polar surface area (TPSA) is 69.6 Å². The Kier molecular flexibility index (Phi) is 3.82. The molecule has 1 aromatic carbocycles. The number of benzene rings is 1. The Labute approximate surface area is 123 Å². The van der Waals surface area contributed by atoms with Crippen molar-refractivity contribution >= 4 is 17.6 Å². The maximum Gasteiger partial charge on any atom is 0.303 e. The molecular formula is C16H20N2O3. The van der Waals surface area contributed by atoms with Crippen LogP contribution in [0.4, 0.5) is 5.69 Å². The van der Waals surface area contributed by atoms with Gasteiger partial charge in [-0.05, 0) is 42.4 Å². The van der Waals surface area contributed by atoms with E-state index in [-0.39, 0.29) is 18.2 Å². The zero-order chi connectivity index (χ0) is 14.8. The number of aliphatic carboxylic acids is 1. The largest absolute Gasteiger partial charge is 0.481 e. The number of anilines is 1. The van der Waals surface area contributed by atoms with Gasteiger partial charge in [-0.25, -0.2) is 0 Å². The van der Waals surface area contributed by atoms with Crippen LogP contribution in [0.25, 0.3) is 0 Å². The molecule has 1 heterocycles. The second-order valence-corrected chi connectivity index (χ2v) is 5.90. The fraction of sp³-hybridized carbons (Fsp3) is 0.500. The van der Waals surface area contributed by atoms with Crippen LogP contribution in [0.2, 0.25) is 0 Å². The maximum atomic E-state index is 11.4. The molecule has 2 fully saturated rings. The lowest BCUT2D eigenvalue weighted by Crippen LogP contribution is -2.47. The third-order valence-electron chi connectivity index (χ3n) is 4.31. The third kappa shape index (κ3) is 3.35. The van der Waals surface area contributed by atoms with Gasteiger partial charge in [0.1, 0.15) is 0 Å². The Hall–Kier alpha value is -2.04. The predicted octanol–water partition coefficient (Wildman–Crippen LogP) is 1.59. The number of nitrogens with one attached hydrogen (secondary N) is 1. The summed E-state index contributed by atoms with van der Waals surface area (Å²) in [5.41, 5.74) is 2.13. The lowest BCUT2D eigenvalue weighted by molar-refractivity contribution is -0.137. The molecule has 5 nitrogen and oxygen atoms in total. The summed E-state index contributed by atoms with van der Waals surface area (Å²) in [4.78, 5) is 24.5. The molecule has 0 radical (unpaired) electrons. The lowest BCUT2D eigenvalue weighted by Gasteiger charge is -2.29. The van der Waals surface area contributed by atoms with Gasteiger partial charge in [-0.2, -0.15) is 0 Å². The van der Waals surface area contributed by atoms with Gasteiger partial charge in [0, 0.05) is 18.8 Å². The van der Waals surface area contributed by atoms with Crippen LogP contribution in [0.15, 0.2) is 24.3 Å². The van der Waals surface area contributed by atoms with Crippen molar-refractivity contribution in [1.82, 2.24) is 5.32 Å². The smallest absolute Gasteiger partial charge is 0.303 e. The number of amides is 1. The van der Waals surface area contributed by atoms with Gasteiger partial charge in [-0.15, -0.1) is 0 Å². The Morgan fingerprint density at radius 2 is 2.05 bits per heavy atom. The number of carboxylic acids is 1. The van der Waals surface area contributed by atoms with E-state index in [1.807, 2.05) is 29.2 Å². The van der Waals surface area contributed by atoms with Crippen molar-refractivity contribution in [3.63, 3.8) is 0 Å². The fourth-order valence-corrected chi connectivity index (χ4v) is 3.03. The molecule has 1 atom stereocenters. The summed E-state index contributed by atoms with van der Waals surface area (Å²) in [6.07, 6.45) is 2.47. The van der Waals surface area contributed by atoms with Gasteiger partial charge in [0.25, 0.3) is 0 Å². The molecule has 5 heteroatoms. The summed E-state index contributed by atoms with van der Waals surface area (Å²) < 4.78 is 0. The first-order chi connectivity index (χ1) is 10.1. The number of piperazine rings is 1. The second-order valence-electron chi connectivity index (χ2n) is 5.90. The first kappa shape index (κ1) is 13.9. The molecule has 1 aliphatic carbocycles. The normalized spacial score (nSPS) is 20.0. The lowest BCUT2D eigenvalue weighted by atomic mass is 9.91. The molecular weight excluding hydrogens is 268 g/mol. The van der Waals surface area contributed by atoms with Crippen molar-refractivity contribution < 1.29 is 14.7 Å². The maximum absolute atomic E-state index is 11.4. The van der Waals surface area contributed by atoms with E-state index in [9.17, 15) is 9.59 Å². The van der Waals surface area contributed by atoms with Crippen molar-refractivity contribution in [2.24, 2.45) is 5.92 Å². The molecule has 2 aliphatic rings. The molecule has 1 aliphatic heterocycles. The Balaban J connectivity index is 1.73. The first-order valence-electron chi connectivity index (χ1n) is 7.47. The van der Waals surface area contributed by atoms with Crippen LogP contribution in [-0.2, 0) is 9.59 Å². The molecule has 1 amide bonds. The molecule has 0 spiro atoms. The van der Waals surface area contributed by atoms with Gasteiger partial charge in [0.2, 0.25) is 5.91 Å². The van der Waals surface area contributed by atoms with E-state index < -0.39 is 5.97 Å². The van der Waals surface area contributed by atoms with Crippen molar-refractivity contribution in [3.05, 3.63) is 29.8 Å². The van der Waals surface area contributed by atoms with Crippen LogP contribution in [0.1, 0.15) is 30.7 Å². The van der Waals surface area contributed by atoms with Gasteiger partial charge in [0.05, 0.1) is 13.0 Å². The van der Waals surface area contributed by atoms with E-state index in [0.717, 1.165) is 30.6 Å². The van der Waals surface area contributed by atoms with Crippen LogP contribution < -0.4 is 10.2 Å². The van der Waals surface area contributed by atoms with Gasteiger partial charge in [-0.1, -0.05) is 12.1 Å². The fourth-order valence-electron chi connectivity index (χ4n) is 3.03. The summed E-state index contributed by atoms with van der Waals surface area (Å²) >= 11 is 0. The van der Waals surface area contributed by atoms with E-state index in [2.05, 4.69) is 5.32 Å². The Morgan fingerprint density at radius 3 is 2.62 bits per heavy atom. The number of carboxylic acid groups (broad SMARTS) is 1. The van der Waals surface area contributed by atoms with Crippen molar-refractivity contribution in [2.75, 3.05) is 24.5 Å². The van der Waals surface area contributed by atoms with E-state index in [0.29, 0.717) is 19.0 Å². The van der Waals surface area contributed by atoms with Crippen LogP contribution in [0.3, 0.4) is 0 Å². The zero-order valence-electron chi connectivity index (χ0n) is 11.9. The molecule has 21 heavy (non-hydrogen) atoms. The number of nitrogens with zero attached hydrogens (tertiary/aromatic N) is 1. The minimum atomic E-state index is -0.733. The van der Waals surface area contributed by atoms with Gasteiger partial charge < -0.3 is 15.3 Å². The third-order valence-corrected chi connectivity index (χ3v) is 4.31. The number of carbonyl (C=O) groups excluding carboxylic acids is 1. The van der Waals surface area contributed by atoms with Crippen molar-refractivity contribution in [3.8, 4) is 0 Å². The Morgan fingerprint density at radius 1 is 1.33 bits per heavy atom. The number of rotatable bonds is 5. The molecule has 1 saturated carbocycles. The number of hydrogen-bond acceptors (Lipinski definition) is 3.